The van der Waals surface area contributed by atoms with Crippen LogP contribution in [0.15, 0.2) is 54.6 Å². The number of methoxy groups -OCH3 is 1. The van der Waals surface area contributed by atoms with Crippen LogP contribution in [0.3, 0.4) is 0 Å². The van der Waals surface area contributed by atoms with E-state index in [4.69, 9.17) is 9.47 Å². The summed E-state index contributed by atoms with van der Waals surface area (Å²) < 4.78 is 11.1. The third-order valence-electron chi connectivity index (χ3n) is 3.99. The smallest absolute Gasteiger partial charge is 0.258 e. The van der Waals surface area contributed by atoms with Gasteiger partial charge in [0.1, 0.15) is 0 Å². The largest absolute Gasteiger partial charge is 0.493 e. The molecule has 144 valence electrons. The van der Waals surface area contributed by atoms with Gasteiger partial charge in [0.2, 0.25) is 0 Å². The summed E-state index contributed by atoms with van der Waals surface area (Å²) in [6.07, 6.45) is 3.93. The number of hydrogen-bond donors (Lipinski definition) is 1. The molecule has 0 aliphatic heterocycles. The van der Waals surface area contributed by atoms with Crippen LogP contribution in [0.4, 0.5) is 0 Å². The van der Waals surface area contributed by atoms with Crippen LogP contribution in [-0.4, -0.2) is 45.2 Å². The Hall–Kier alpha value is -2.79. The molecule has 5 nitrogen and oxygen atoms in total. The molecule has 0 aromatic heterocycles. The number of benzene rings is 2. The van der Waals surface area contributed by atoms with Gasteiger partial charge in [-0.2, -0.15) is 0 Å². The van der Waals surface area contributed by atoms with Gasteiger partial charge in [0.15, 0.2) is 18.1 Å². The lowest BCUT2D eigenvalue weighted by atomic mass is 10.1. The normalized spacial score (nSPS) is 12.2. The minimum atomic E-state index is -0.176. The average Bonchev–Trinajstić information content (AvgIpc) is 2.67. The molecule has 0 spiro atoms. The maximum atomic E-state index is 12.4. The molecule has 1 N–H and O–H groups in total. The fourth-order valence-electron chi connectivity index (χ4n) is 2.76. The Balaban J connectivity index is 2.01. The van der Waals surface area contributed by atoms with Crippen molar-refractivity contribution in [2.45, 2.75) is 13.0 Å². The fourth-order valence-corrected chi connectivity index (χ4v) is 2.76. The van der Waals surface area contributed by atoms with E-state index in [0.717, 1.165) is 11.1 Å². The van der Waals surface area contributed by atoms with Crippen LogP contribution in [0.5, 0.6) is 11.5 Å². The number of likely N-dealkylation sites (N-methyl/N-ethyl adjacent to an activating group) is 1. The van der Waals surface area contributed by atoms with Crippen LogP contribution in [-0.2, 0) is 4.79 Å². The zero-order valence-corrected chi connectivity index (χ0v) is 16.4. The van der Waals surface area contributed by atoms with E-state index in [-0.39, 0.29) is 18.6 Å². The lowest BCUT2D eigenvalue weighted by Crippen LogP contribution is -2.37. The van der Waals surface area contributed by atoms with Crippen LogP contribution in [0, 0.1) is 0 Å². The van der Waals surface area contributed by atoms with Crippen molar-refractivity contribution in [2.24, 2.45) is 0 Å². The molecule has 0 radical (unpaired) electrons. The number of rotatable bonds is 9. The predicted molar refractivity (Wildman–Crippen MR) is 109 cm³/mol. The number of allylic oxidation sites excluding steroid dienone is 1. The Kier molecular flexibility index (Phi) is 7.89. The first-order valence-corrected chi connectivity index (χ1v) is 8.96. The van der Waals surface area contributed by atoms with Crippen molar-refractivity contribution in [1.29, 1.82) is 0 Å². The zero-order chi connectivity index (χ0) is 19.6. The van der Waals surface area contributed by atoms with Gasteiger partial charge in [-0.05, 0) is 44.3 Å². The molecule has 1 amide bonds. The first-order valence-electron chi connectivity index (χ1n) is 8.96. The first-order chi connectivity index (χ1) is 13.0. The van der Waals surface area contributed by atoms with Gasteiger partial charge in [0.05, 0.1) is 13.2 Å². The van der Waals surface area contributed by atoms with Gasteiger partial charge < -0.3 is 19.7 Å². The number of hydrogen-bond acceptors (Lipinski definition) is 4. The maximum absolute atomic E-state index is 12.4. The van der Waals surface area contributed by atoms with E-state index in [9.17, 15) is 4.79 Å². The molecule has 2 aromatic rings. The first kappa shape index (κ1) is 20.5. The lowest BCUT2D eigenvalue weighted by Gasteiger charge is -2.23. The van der Waals surface area contributed by atoms with E-state index in [1.54, 1.807) is 7.11 Å². The Morgan fingerprint density at radius 3 is 2.52 bits per heavy atom. The Morgan fingerprint density at radius 2 is 1.89 bits per heavy atom. The molecule has 0 aliphatic rings. The summed E-state index contributed by atoms with van der Waals surface area (Å²) in [6.45, 7) is 2.59. The minimum Gasteiger partial charge on any atom is -0.493 e. The zero-order valence-electron chi connectivity index (χ0n) is 16.4. The van der Waals surface area contributed by atoms with E-state index in [1.165, 1.54) is 0 Å². The predicted octanol–water partition coefficient (Wildman–Crippen LogP) is 3.53. The molecule has 5 heteroatoms. The number of nitrogens with one attached hydrogen (secondary N) is 1. The van der Waals surface area contributed by atoms with Crippen LogP contribution in [0.2, 0.25) is 0 Å². The molecule has 0 unspecified atom stereocenters. The average molecular weight is 368 g/mol. The van der Waals surface area contributed by atoms with Crippen molar-refractivity contribution < 1.29 is 14.3 Å². The van der Waals surface area contributed by atoms with Gasteiger partial charge in [0, 0.05) is 6.54 Å². The standard InChI is InChI=1S/C22H28N2O3/c1-5-9-17-12-13-20(21(14-17)26-4)27-16-22(25)23-19(15-24(2)3)18-10-7-6-8-11-18/h5-14,19H,15-16H2,1-4H3,(H,23,25)/b9-5+/t19-/m0/s1. The highest BCUT2D eigenvalue weighted by Gasteiger charge is 2.16. The summed E-state index contributed by atoms with van der Waals surface area (Å²) in [7, 11) is 5.55. The Labute approximate surface area is 161 Å². The van der Waals surface area contributed by atoms with Gasteiger partial charge in [-0.3, -0.25) is 4.79 Å². The molecule has 2 rings (SSSR count). The molecular weight excluding hydrogens is 340 g/mol. The number of amides is 1. The quantitative estimate of drug-likeness (QED) is 0.736. The lowest BCUT2D eigenvalue weighted by molar-refractivity contribution is -0.124. The number of carbonyl (C=O) groups excluding carboxylic acids is 1. The maximum Gasteiger partial charge on any atom is 0.258 e. The highest BCUT2D eigenvalue weighted by molar-refractivity contribution is 5.78. The third kappa shape index (κ3) is 6.46. The molecule has 27 heavy (non-hydrogen) atoms. The van der Waals surface area contributed by atoms with Gasteiger partial charge in [0.25, 0.3) is 5.91 Å². The number of carbonyl (C=O) groups is 1. The summed E-state index contributed by atoms with van der Waals surface area (Å²) in [5.74, 6) is 0.973. The van der Waals surface area contributed by atoms with Gasteiger partial charge in [-0.15, -0.1) is 0 Å². The van der Waals surface area contributed by atoms with E-state index in [1.807, 2.05) is 86.6 Å². The van der Waals surface area contributed by atoms with Crippen molar-refractivity contribution in [2.75, 3.05) is 34.4 Å². The molecule has 0 fully saturated rings. The van der Waals surface area contributed by atoms with Crippen LogP contribution in [0.25, 0.3) is 6.08 Å². The van der Waals surface area contributed by atoms with Crippen LogP contribution in [0.1, 0.15) is 24.1 Å². The monoisotopic (exact) mass is 368 g/mol. The summed E-state index contributed by atoms with van der Waals surface area (Å²) in [6, 6.07) is 15.4. The Bertz CT molecular complexity index is 757. The molecule has 0 bridgehead atoms. The van der Waals surface area contributed by atoms with Crippen molar-refractivity contribution in [3.8, 4) is 11.5 Å². The molecule has 0 heterocycles. The van der Waals surface area contributed by atoms with Crippen molar-refractivity contribution in [1.82, 2.24) is 10.2 Å². The number of nitrogens with zero attached hydrogens (tertiary/aromatic N) is 1. The highest BCUT2D eigenvalue weighted by Crippen LogP contribution is 2.28. The second-order valence-electron chi connectivity index (χ2n) is 6.49. The van der Waals surface area contributed by atoms with E-state index in [0.29, 0.717) is 18.0 Å². The Morgan fingerprint density at radius 1 is 1.15 bits per heavy atom. The summed E-state index contributed by atoms with van der Waals surface area (Å²) in [5.41, 5.74) is 2.08. The molecule has 0 saturated carbocycles. The molecule has 2 aromatic carbocycles. The summed E-state index contributed by atoms with van der Waals surface area (Å²) >= 11 is 0. The van der Waals surface area contributed by atoms with E-state index in [2.05, 4.69) is 5.32 Å². The van der Waals surface area contributed by atoms with Crippen LogP contribution >= 0.6 is 0 Å². The minimum absolute atomic E-state index is 0.0733. The van der Waals surface area contributed by atoms with Gasteiger partial charge >= 0.3 is 0 Å². The highest BCUT2D eigenvalue weighted by atomic mass is 16.5. The molecule has 0 aliphatic carbocycles. The van der Waals surface area contributed by atoms with Gasteiger partial charge in [-0.25, -0.2) is 0 Å². The van der Waals surface area contributed by atoms with Crippen molar-refractivity contribution in [3.05, 3.63) is 65.7 Å². The molecule has 0 saturated heterocycles. The summed E-state index contributed by atoms with van der Waals surface area (Å²) in [4.78, 5) is 14.5. The van der Waals surface area contributed by atoms with Crippen molar-refractivity contribution in [3.63, 3.8) is 0 Å². The fraction of sp³-hybridized carbons (Fsp3) is 0.318. The summed E-state index contributed by atoms with van der Waals surface area (Å²) in [5, 5.41) is 3.05. The molecule has 1 atom stereocenters. The second-order valence-corrected chi connectivity index (χ2v) is 6.49. The second kappa shape index (κ2) is 10.4. The topological polar surface area (TPSA) is 50.8 Å². The van der Waals surface area contributed by atoms with Gasteiger partial charge in [-0.1, -0.05) is 48.6 Å². The molecular formula is C22H28N2O3. The van der Waals surface area contributed by atoms with E-state index < -0.39 is 0 Å². The van der Waals surface area contributed by atoms with Crippen molar-refractivity contribution >= 4 is 12.0 Å². The van der Waals surface area contributed by atoms with E-state index >= 15 is 0 Å². The number of ether oxygens (including phenoxy) is 2. The SMILES string of the molecule is C/C=C/c1ccc(OCC(=O)N[C@@H](CN(C)C)c2ccccc2)c(OC)c1. The third-order valence-corrected chi connectivity index (χ3v) is 3.99. The van der Waals surface area contributed by atoms with Crippen LogP contribution < -0.4 is 14.8 Å².